The van der Waals surface area contributed by atoms with Crippen LogP contribution in [0.5, 0.6) is 17.2 Å². The van der Waals surface area contributed by atoms with Crippen LogP contribution < -0.4 is 10.2 Å². The molecule has 0 spiro atoms. The molecule has 0 aliphatic carbocycles. The van der Waals surface area contributed by atoms with Crippen molar-refractivity contribution in [2.45, 2.75) is 6.61 Å². The van der Waals surface area contributed by atoms with Gasteiger partial charge in [0.25, 0.3) is 5.91 Å². The van der Waals surface area contributed by atoms with Gasteiger partial charge < -0.3 is 14.9 Å². The summed E-state index contributed by atoms with van der Waals surface area (Å²) < 4.78 is 19.0. The number of rotatable bonds is 6. The van der Waals surface area contributed by atoms with Gasteiger partial charge in [0, 0.05) is 22.2 Å². The zero-order valence-corrected chi connectivity index (χ0v) is 15.7. The zero-order chi connectivity index (χ0) is 20.8. The number of phenolic OH excluding ortho intramolecular Hbond substituents is 2. The van der Waals surface area contributed by atoms with Crippen molar-refractivity contribution in [3.05, 3.63) is 88.2 Å². The van der Waals surface area contributed by atoms with Crippen molar-refractivity contribution in [1.82, 2.24) is 5.43 Å². The SMILES string of the molecule is O=C(NN=Cc1cc(Cl)ccc1OCc1cccc(F)c1)c1cc(O)cc(O)c1. The Kier molecular flexibility index (Phi) is 6.31. The summed E-state index contributed by atoms with van der Waals surface area (Å²) in [4.78, 5) is 12.1. The Bertz CT molecular complexity index is 1050. The molecular weight excluding hydrogens is 399 g/mol. The number of hydrogen-bond acceptors (Lipinski definition) is 5. The van der Waals surface area contributed by atoms with Gasteiger partial charge in [0.2, 0.25) is 0 Å². The minimum atomic E-state index is -0.628. The van der Waals surface area contributed by atoms with Gasteiger partial charge >= 0.3 is 0 Å². The number of carbonyl (C=O) groups excluding carboxylic acids is 1. The number of benzene rings is 3. The molecule has 3 aromatic carbocycles. The molecule has 0 heterocycles. The Morgan fingerprint density at radius 2 is 1.86 bits per heavy atom. The predicted octanol–water partition coefficient (Wildman–Crippen LogP) is 4.23. The summed E-state index contributed by atoms with van der Waals surface area (Å²) in [6, 6.07) is 14.4. The largest absolute Gasteiger partial charge is 0.508 e. The van der Waals surface area contributed by atoms with Gasteiger partial charge in [0.1, 0.15) is 29.7 Å². The van der Waals surface area contributed by atoms with E-state index < -0.39 is 5.91 Å². The molecule has 8 heteroatoms. The van der Waals surface area contributed by atoms with E-state index >= 15 is 0 Å². The number of amides is 1. The normalized spacial score (nSPS) is 10.8. The second-order valence-corrected chi connectivity index (χ2v) is 6.47. The van der Waals surface area contributed by atoms with Crippen LogP contribution in [0.2, 0.25) is 5.02 Å². The number of halogens is 2. The van der Waals surface area contributed by atoms with Crippen molar-refractivity contribution in [2.75, 3.05) is 0 Å². The lowest BCUT2D eigenvalue weighted by Crippen LogP contribution is -2.17. The average Bonchev–Trinajstić information content (AvgIpc) is 2.66. The standard InChI is InChI=1S/C21H16ClFN2O4/c22-16-4-5-20(29-12-13-2-1-3-17(23)6-13)15(7-16)11-24-25-21(28)14-8-18(26)10-19(27)9-14/h1-11,26-27H,12H2,(H,25,28). The third-order valence-corrected chi connectivity index (χ3v) is 4.02. The molecule has 3 N–H and O–H groups in total. The highest BCUT2D eigenvalue weighted by Gasteiger charge is 2.08. The number of carbonyl (C=O) groups is 1. The summed E-state index contributed by atoms with van der Waals surface area (Å²) in [5.74, 6) is -1.04. The Balaban J connectivity index is 1.71. The quantitative estimate of drug-likeness (QED) is 0.415. The van der Waals surface area contributed by atoms with Crippen LogP contribution in [0, 0.1) is 5.82 Å². The first kappa shape index (κ1) is 20.2. The average molecular weight is 415 g/mol. The van der Waals surface area contributed by atoms with E-state index in [4.69, 9.17) is 16.3 Å². The number of nitrogens with one attached hydrogen (secondary N) is 1. The Morgan fingerprint density at radius 3 is 2.59 bits per heavy atom. The lowest BCUT2D eigenvalue weighted by atomic mass is 10.2. The van der Waals surface area contributed by atoms with Crippen LogP contribution in [0.1, 0.15) is 21.5 Å². The molecule has 29 heavy (non-hydrogen) atoms. The van der Waals surface area contributed by atoms with Crippen molar-refractivity contribution in [3.8, 4) is 17.2 Å². The number of hydrogen-bond donors (Lipinski definition) is 3. The highest BCUT2D eigenvalue weighted by atomic mass is 35.5. The molecule has 0 fully saturated rings. The third-order valence-electron chi connectivity index (χ3n) is 3.79. The molecule has 3 aromatic rings. The molecule has 0 aromatic heterocycles. The van der Waals surface area contributed by atoms with Gasteiger partial charge in [-0.2, -0.15) is 5.10 Å². The second kappa shape index (κ2) is 9.07. The first-order valence-electron chi connectivity index (χ1n) is 8.44. The highest BCUT2D eigenvalue weighted by Crippen LogP contribution is 2.23. The topological polar surface area (TPSA) is 91.2 Å². The fraction of sp³-hybridized carbons (Fsp3) is 0.0476. The molecule has 0 aliphatic heterocycles. The van der Waals surface area contributed by atoms with Gasteiger partial charge in [0.05, 0.1) is 6.21 Å². The minimum absolute atomic E-state index is 0.0355. The molecule has 0 bridgehead atoms. The molecule has 148 valence electrons. The van der Waals surface area contributed by atoms with E-state index in [-0.39, 0.29) is 29.5 Å². The van der Waals surface area contributed by atoms with Crippen LogP contribution in [0.4, 0.5) is 4.39 Å². The van der Waals surface area contributed by atoms with E-state index in [1.165, 1.54) is 30.5 Å². The molecule has 0 aliphatic rings. The van der Waals surface area contributed by atoms with Gasteiger partial charge in [-0.3, -0.25) is 4.79 Å². The van der Waals surface area contributed by atoms with Gasteiger partial charge in [-0.05, 0) is 48.0 Å². The number of ether oxygens (including phenoxy) is 1. The smallest absolute Gasteiger partial charge is 0.271 e. The second-order valence-electron chi connectivity index (χ2n) is 6.04. The maximum atomic E-state index is 13.3. The molecular formula is C21H16ClFN2O4. The van der Waals surface area contributed by atoms with Crippen LogP contribution in [0.25, 0.3) is 0 Å². The third kappa shape index (κ3) is 5.70. The predicted molar refractivity (Wildman–Crippen MR) is 107 cm³/mol. The number of nitrogens with zero attached hydrogens (tertiary/aromatic N) is 1. The van der Waals surface area contributed by atoms with Gasteiger partial charge in [0.15, 0.2) is 0 Å². The van der Waals surface area contributed by atoms with Crippen LogP contribution in [-0.2, 0) is 6.61 Å². The number of hydrazone groups is 1. The van der Waals surface area contributed by atoms with Crippen molar-refractivity contribution in [3.63, 3.8) is 0 Å². The Labute approximate surface area is 170 Å². The molecule has 0 saturated carbocycles. The van der Waals surface area contributed by atoms with Gasteiger partial charge in [-0.25, -0.2) is 9.82 Å². The molecule has 0 unspecified atom stereocenters. The summed E-state index contributed by atoms with van der Waals surface area (Å²) in [6.07, 6.45) is 1.34. The fourth-order valence-corrected chi connectivity index (χ4v) is 2.67. The maximum absolute atomic E-state index is 13.3. The lowest BCUT2D eigenvalue weighted by molar-refractivity contribution is 0.0954. The van der Waals surface area contributed by atoms with Crippen molar-refractivity contribution >= 4 is 23.7 Å². The minimum Gasteiger partial charge on any atom is -0.508 e. The monoisotopic (exact) mass is 414 g/mol. The maximum Gasteiger partial charge on any atom is 0.271 e. The Morgan fingerprint density at radius 1 is 1.10 bits per heavy atom. The molecule has 6 nitrogen and oxygen atoms in total. The van der Waals surface area contributed by atoms with Crippen LogP contribution in [0.15, 0.2) is 65.8 Å². The van der Waals surface area contributed by atoms with E-state index in [1.807, 2.05) is 0 Å². The van der Waals surface area contributed by atoms with E-state index in [0.717, 1.165) is 6.07 Å². The first-order valence-corrected chi connectivity index (χ1v) is 8.82. The zero-order valence-electron chi connectivity index (χ0n) is 15.0. The summed E-state index contributed by atoms with van der Waals surface area (Å²) >= 11 is 6.02. The van der Waals surface area contributed by atoms with Crippen LogP contribution in [0.3, 0.4) is 0 Å². The molecule has 0 saturated heterocycles. The van der Waals surface area contributed by atoms with E-state index in [9.17, 15) is 19.4 Å². The van der Waals surface area contributed by atoms with E-state index in [2.05, 4.69) is 10.5 Å². The van der Waals surface area contributed by atoms with Crippen molar-refractivity contribution in [2.24, 2.45) is 5.10 Å². The van der Waals surface area contributed by atoms with Crippen molar-refractivity contribution < 1.29 is 24.1 Å². The van der Waals surface area contributed by atoms with E-state index in [1.54, 1.807) is 30.3 Å². The first-order chi connectivity index (χ1) is 13.9. The summed E-state index contributed by atoms with van der Waals surface area (Å²) in [5.41, 5.74) is 3.47. The number of phenols is 2. The van der Waals surface area contributed by atoms with E-state index in [0.29, 0.717) is 21.9 Å². The van der Waals surface area contributed by atoms with Gasteiger partial charge in [-0.1, -0.05) is 23.7 Å². The lowest BCUT2D eigenvalue weighted by Gasteiger charge is -2.10. The van der Waals surface area contributed by atoms with Crippen LogP contribution >= 0.6 is 11.6 Å². The number of aromatic hydroxyl groups is 2. The van der Waals surface area contributed by atoms with Gasteiger partial charge in [-0.15, -0.1) is 0 Å². The van der Waals surface area contributed by atoms with Crippen LogP contribution in [-0.4, -0.2) is 22.3 Å². The Hall–Kier alpha value is -3.58. The summed E-state index contributed by atoms with van der Waals surface area (Å²) in [6.45, 7) is 0.134. The summed E-state index contributed by atoms with van der Waals surface area (Å²) in [7, 11) is 0. The molecule has 0 atom stereocenters. The summed E-state index contributed by atoms with van der Waals surface area (Å²) in [5, 5.41) is 23.2. The fourth-order valence-electron chi connectivity index (χ4n) is 2.49. The molecule has 3 rings (SSSR count). The highest BCUT2D eigenvalue weighted by molar-refractivity contribution is 6.30. The van der Waals surface area contributed by atoms with Crippen molar-refractivity contribution in [1.29, 1.82) is 0 Å². The molecule has 1 amide bonds. The molecule has 0 radical (unpaired) electrons.